The first kappa shape index (κ1) is 12.0. The Morgan fingerprint density at radius 3 is 2.47 bits per heavy atom. The monoisotopic (exact) mass is 219 g/mol. The van der Waals surface area contributed by atoms with Gasteiger partial charge in [-0.05, 0) is 6.07 Å². The van der Waals surface area contributed by atoms with Crippen molar-refractivity contribution in [1.82, 2.24) is 0 Å². The van der Waals surface area contributed by atoms with Crippen molar-refractivity contribution in [3.63, 3.8) is 0 Å². The Hall–Kier alpha value is -1.07. The molecule has 1 aromatic rings. The van der Waals surface area contributed by atoms with Crippen molar-refractivity contribution in [2.45, 2.75) is 11.7 Å². The van der Waals surface area contributed by atoms with Gasteiger partial charge in [-0.25, -0.2) is 13.2 Å². The van der Waals surface area contributed by atoms with Crippen LogP contribution in [-0.2, 0) is 5.54 Å². The molecule has 5 heteroatoms. The zero-order valence-electron chi connectivity index (χ0n) is 7.96. The highest BCUT2D eigenvalue weighted by atomic mass is 19.1. The summed E-state index contributed by atoms with van der Waals surface area (Å²) in [5.41, 5.74) is 3.03. The number of halogens is 3. The summed E-state index contributed by atoms with van der Waals surface area (Å²) in [7, 11) is 0. The quantitative estimate of drug-likeness (QED) is 0.801. The first-order valence-electron chi connectivity index (χ1n) is 4.41. The fourth-order valence-electron chi connectivity index (χ4n) is 1.33. The highest BCUT2D eigenvalue weighted by molar-refractivity contribution is 5.27. The van der Waals surface area contributed by atoms with Crippen molar-refractivity contribution in [1.29, 1.82) is 0 Å². The second-order valence-electron chi connectivity index (χ2n) is 3.30. The van der Waals surface area contributed by atoms with Gasteiger partial charge in [-0.3, -0.25) is 0 Å². The number of hydrogen-bond donors (Lipinski definition) is 2. The number of alkyl halides is 2. The Morgan fingerprint density at radius 2 is 2.00 bits per heavy atom. The van der Waals surface area contributed by atoms with E-state index in [4.69, 9.17) is 10.8 Å². The van der Waals surface area contributed by atoms with Crippen LogP contribution in [-0.4, -0.2) is 24.6 Å². The Morgan fingerprint density at radius 1 is 1.40 bits per heavy atom. The second-order valence-corrected chi connectivity index (χ2v) is 3.30. The van der Waals surface area contributed by atoms with Gasteiger partial charge < -0.3 is 10.8 Å². The van der Waals surface area contributed by atoms with E-state index in [1.165, 1.54) is 18.2 Å². The number of benzene rings is 1. The van der Waals surface area contributed by atoms with Crippen LogP contribution in [0.25, 0.3) is 0 Å². The zero-order valence-corrected chi connectivity index (χ0v) is 7.96. The molecule has 2 nitrogen and oxygen atoms in total. The summed E-state index contributed by atoms with van der Waals surface area (Å²) < 4.78 is 39.2. The van der Waals surface area contributed by atoms with E-state index in [2.05, 4.69) is 0 Å². The minimum atomic E-state index is -2.12. The Labute approximate surface area is 85.5 Å². The minimum absolute atomic E-state index is 0.269. The molecule has 0 aliphatic heterocycles. The van der Waals surface area contributed by atoms with Gasteiger partial charge in [0.2, 0.25) is 0 Å². The second kappa shape index (κ2) is 4.63. The van der Waals surface area contributed by atoms with Crippen LogP contribution in [0.4, 0.5) is 13.2 Å². The number of nitrogens with two attached hydrogens (primary N) is 1. The Balaban J connectivity index is 3.17. The maximum absolute atomic E-state index is 13.3. The van der Waals surface area contributed by atoms with E-state index in [9.17, 15) is 13.2 Å². The van der Waals surface area contributed by atoms with Gasteiger partial charge in [-0.15, -0.1) is 0 Å². The van der Waals surface area contributed by atoms with Crippen molar-refractivity contribution in [3.8, 4) is 0 Å². The van der Waals surface area contributed by atoms with Crippen LogP contribution in [0.15, 0.2) is 24.3 Å². The molecule has 15 heavy (non-hydrogen) atoms. The van der Waals surface area contributed by atoms with Crippen molar-refractivity contribution in [2.24, 2.45) is 5.73 Å². The predicted octanol–water partition coefficient (Wildman–Crippen LogP) is 1.28. The normalized spacial score (nSPS) is 17.1. The van der Waals surface area contributed by atoms with Crippen LogP contribution >= 0.6 is 0 Å². The number of rotatable bonds is 4. The Kier molecular flexibility index (Phi) is 3.71. The van der Waals surface area contributed by atoms with Gasteiger partial charge in [0.05, 0.1) is 6.61 Å². The molecule has 0 amide bonds. The molecule has 1 aromatic carbocycles. The summed E-state index contributed by atoms with van der Waals surface area (Å²) in [6.07, 6.45) is -2.04. The molecule has 0 aromatic heterocycles. The minimum Gasteiger partial charge on any atom is -0.393 e. The summed E-state index contributed by atoms with van der Waals surface area (Å²) in [5, 5.41) is 8.61. The van der Waals surface area contributed by atoms with Gasteiger partial charge in [0.15, 0.2) is 0 Å². The maximum atomic E-state index is 13.3. The number of aliphatic hydroxyl groups is 1. The molecule has 0 bridgehead atoms. The van der Waals surface area contributed by atoms with Crippen LogP contribution in [0.5, 0.6) is 0 Å². The van der Waals surface area contributed by atoms with E-state index >= 15 is 0 Å². The van der Waals surface area contributed by atoms with Crippen molar-refractivity contribution < 1.29 is 18.3 Å². The molecule has 1 rings (SSSR count). The van der Waals surface area contributed by atoms with Gasteiger partial charge in [-0.2, -0.15) is 0 Å². The topological polar surface area (TPSA) is 46.2 Å². The van der Waals surface area contributed by atoms with E-state index in [1.54, 1.807) is 0 Å². The molecule has 0 spiro atoms. The maximum Gasteiger partial charge on any atom is 0.148 e. The van der Waals surface area contributed by atoms with Crippen molar-refractivity contribution >= 4 is 0 Å². The lowest BCUT2D eigenvalue weighted by Gasteiger charge is -2.29. The summed E-state index contributed by atoms with van der Waals surface area (Å²) in [4.78, 5) is 0. The van der Waals surface area contributed by atoms with Gasteiger partial charge in [-0.1, -0.05) is 18.2 Å². The van der Waals surface area contributed by atoms with Crippen LogP contribution in [0, 0.1) is 5.82 Å². The molecular weight excluding hydrogens is 207 g/mol. The molecule has 2 atom stereocenters. The van der Waals surface area contributed by atoms with Gasteiger partial charge in [0.1, 0.15) is 24.2 Å². The van der Waals surface area contributed by atoms with E-state index in [1.807, 2.05) is 0 Å². The largest absolute Gasteiger partial charge is 0.393 e. The third-order valence-electron chi connectivity index (χ3n) is 2.32. The molecular formula is C10H12F3NO. The lowest BCUT2D eigenvalue weighted by molar-refractivity contribution is 0.0842. The SMILES string of the molecule is N[C@](CF)(c1ccccc1F)[C@@H](F)CO. The van der Waals surface area contributed by atoms with Crippen LogP contribution in [0.3, 0.4) is 0 Å². The third-order valence-corrected chi connectivity index (χ3v) is 2.32. The smallest absolute Gasteiger partial charge is 0.148 e. The van der Waals surface area contributed by atoms with Crippen molar-refractivity contribution in [2.75, 3.05) is 13.3 Å². The van der Waals surface area contributed by atoms with E-state index < -0.39 is 30.8 Å². The Bertz CT molecular complexity index is 334. The lowest BCUT2D eigenvalue weighted by atomic mass is 9.87. The first-order chi connectivity index (χ1) is 7.06. The molecule has 0 saturated heterocycles. The van der Waals surface area contributed by atoms with Crippen LogP contribution in [0.1, 0.15) is 5.56 Å². The average Bonchev–Trinajstić information content (AvgIpc) is 2.27. The molecule has 84 valence electrons. The highest BCUT2D eigenvalue weighted by Gasteiger charge is 2.39. The average molecular weight is 219 g/mol. The summed E-state index contributed by atoms with van der Waals surface area (Å²) in [5.74, 6) is -0.784. The van der Waals surface area contributed by atoms with Gasteiger partial charge >= 0.3 is 0 Å². The first-order valence-corrected chi connectivity index (χ1v) is 4.41. The molecule has 0 fully saturated rings. The summed E-state index contributed by atoms with van der Waals surface area (Å²) in [6.45, 7) is -2.23. The van der Waals surface area contributed by atoms with Crippen molar-refractivity contribution in [3.05, 3.63) is 35.6 Å². The predicted molar refractivity (Wildman–Crippen MR) is 50.2 cm³/mol. The molecule has 0 radical (unpaired) electrons. The molecule has 3 N–H and O–H groups in total. The van der Waals surface area contributed by atoms with E-state index in [0.717, 1.165) is 6.07 Å². The summed E-state index contributed by atoms with van der Waals surface area (Å²) in [6, 6.07) is 5.09. The van der Waals surface area contributed by atoms with Gasteiger partial charge in [0.25, 0.3) is 0 Å². The van der Waals surface area contributed by atoms with Crippen LogP contribution < -0.4 is 5.73 Å². The number of aliphatic hydroxyl groups excluding tert-OH is 1. The lowest BCUT2D eigenvalue weighted by Crippen LogP contribution is -2.50. The molecule has 0 saturated carbocycles. The fourth-order valence-corrected chi connectivity index (χ4v) is 1.33. The highest BCUT2D eigenvalue weighted by Crippen LogP contribution is 2.27. The molecule has 0 aliphatic carbocycles. The summed E-state index contributed by atoms with van der Waals surface area (Å²) >= 11 is 0. The van der Waals surface area contributed by atoms with E-state index in [-0.39, 0.29) is 5.56 Å². The third kappa shape index (κ3) is 2.13. The molecule has 0 aliphatic rings. The van der Waals surface area contributed by atoms with Crippen LogP contribution in [0.2, 0.25) is 0 Å². The van der Waals surface area contributed by atoms with Gasteiger partial charge in [0, 0.05) is 5.56 Å². The standard InChI is InChI=1S/C10H12F3NO/c11-6-10(14,9(13)5-15)7-3-1-2-4-8(7)12/h1-4,9,15H,5-6,14H2/t9-,10+/m0/s1. The number of hydrogen-bond acceptors (Lipinski definition) is 2. The fraction of sp³-hybridized carbons (Fsp3) is 0.400. The molecule has 0 heterocycles. The molecule has 0 unspecified atom stereocenters. The zero-order chi connectivity index (χ0) is 11.5. The van der Waals surface area contributed by atoms with E-state index in [0.29, 0.717) is 0 Å².